The second-order valence-corrected chi connectivity index (χ2v) is 5.93. The lowest BCUT2D eigenvalue weighted by Gasteiger charge is -2.17. The van der Waals surface area contributed by atoms with Crippen molar-refractivity contribution >= 4 is 35.2 Å². The van der Waals surface area contributed by atoms with Crippen LogP contribution >= 0.6 is 11.6 Å². The lowest BCUT2D eigenvalue weighted by Crippen LogP contribution is -2.23. The first-order valence-corrected chi connectivity index (χ1v) is 8.17. The van der Waals surface area contributed by atoms with Crippen molar-refractivity contribution in [2.75, 3.05) is 25.6 Å². The van der Waals surface area contributed by atoms with Crippen LogP contribution in [0.15, 0.2) is 48.0 Å². The number of fused-ring (bicyclic) bond motifs is 1. The van der Waals surface area contributed by atoms with Gasteiger partial charge in [-0.15, -0.1) is 0 Å². The van der Waals surface area contributed by atoms with Crippen molar-refractivity contribution in [1.29, 1.82) is 0 Å². The highest BCUT2D eigenvalue weighted by molar-refractivity contribution is 6.30. The molecule has 1 amide bonds. The summed E-state index contributed by atoms with van der Waals surface area (Å²) in [6.45, 7) is -0.321. The summed E-state index contributed by atoms with van der Waals surface area (Å²) in [7, 11) is 1.56. The summed E-state index contributed by atoms with van der Waals surface area (Å²) >= 11 is 5.94. The van der Waals surface area contributed by atoms with Crippen LogP contribution in [-0.4, -0.2) is 32.2 Å². The fourth-order valence-electron chi connectivity index (χ4n) is 2.36. The second kappa shape index (κ2) is 7.93. The first kappa shape index (κ1) is 17.8. The Morgan fingerprint density at radius 2 is 1.96 bits per heavy atom. The minimum atomic E-state index is -0.611. The molecule has 6 nitrogen and oxygen atoms in total. The van der Waals surface area contributed by atoms with E-state index in [1.165, 1.54) is 0 Å². The van der Waals surface area contributed by atoms with Gasteiger partial charge in [-0.1, -0.05) is 11.6 Å². The molecule has 7 heteroatoms. The van der Waals surface area contributed by atoms with E-state index >= 15 is 0 Å². The van der Waals surface area contributed by atoms with Crippen molar-refractivity contribution in [3.63, 3.8) is 0 Å². The lowest BCUT2D eigenvalue weighted by molar-refractivity contribution is -0.143. The summed E-state index contributed by atoms with van der Waals surface area (Å²) in [5, 5.41) is 3.17. The van der Waals surface area contributed by atoms with E-state index in [9.17, 15) is 9.59 Å². The number of rotatable bonds is 5. The van der Waals surface area contributed by atoms with Gasteiger partial charge in [0.15, 0.2) is 6.61 Å². The number of carbonyl (C=O) groups excluding carboxylic acids is 2. The van der Waals surface area contributed by atoms with Gasteiger partial charge in [-0.25, -0.2) is 4.79 Å². The Labute approximate surface area is 155 Å². The second-order valence-electron chi connectivity index (χ2n) is 5.49. The molecule has 1 aliphatic heterocycles. The van der Waals surface area contributed by atoms with Crippen LogP contribution < -0.4 is 14.8 Å². The molecule has 0 spiro atoms. The first-order chi connectivity index (χ1) is 12.5. The van der Waals surface area contributed by atoms with Crippen molar-refractivity contribution in [3.8, 4) is 11.5 Å². The van der Waals surface area contributed by atoms with Crippen molar-refractivity contribution in [2.45, 2.75) is 0 Å². The van der Waals surface area contributed by atoms with Crippen LogP contribution in [0.2, 0.25) is 5.02 Å². The largest absolute Gasteiger partial charge is 0.497 e. The van der Waals surface area contributed by atoms with Gasteiger partial charge >= 0.3 is 5.97 Å². The fraction of sp³-hybridized carbons (Fsp3) is 0.158. The van der Waals surface area contributed by atoms with E-state index in [2.05, 4.69) is 5.32 Å². The van der Waals surface area contributed by atoms with Crippen molar-refractivity contribution in [1.82, 2.24) is 0 Å². The summed E-state index contributed by atoms with van der Waals surface area (Å²) in [6.07, 6.45) is 1.65. The molecule has 1 aliphatic rings. The van der Waals surface area contributed by atoms with Gasteiger partial charge in [0.1, 0.15) is 18.1 Å². The molecular weight excluding hydrogens is 358 g/mol. The minimum absolute atomic E-state index is 0.0769. The lowest BCUT2D eigenvalue weighted by atomic mass is 10.1. The average molecular weight is 374 g/mol. The Kier molecular flexibility index (Phi) is 5.43. The third-order valence-electron chi connectivity index (χ3n) is 3.66. The molecule has 2 aromatic carbocycles. The standard InChI is InChI=1S/C19H16ClNO5/c1-24-16-5-3-15(4-6-16)21-18(22)11-26-19(23)13-8-12-9-14(20)2-7-17(12)25-10-13/h2-9H,10-11H2,1H3,(H,21,22). The van der Waals surface area contributed by atoms with Crippen LogP contribution in [0.1, 0.15) is 5.56 Å². The smallest absolute Gasteiger partial charge is 0.338 e. The number of nitrogens with one attached hydrogen (secondary N) is 1. The predicted octanol–water partition coefficient (Wildman–Crippen LogP) is 3.31. The van der Waals surface area contributed by atoms with Gasteiger partial charge in [-0.2, -0.15) is 0 Å². The predicted molar refractivity (Wildman–Crippen MR) is 97.5 cm³/mol. The molecule has 0 atom stereocenters. The normalized spacial score (nSPS) is 12.3. The van der Waals surface area contributed by atoms with Gasteiger partial charge in [0.05, 0.1) is 12.7 Å². The van der Waals surface area contributed by atoms with E-state index in [1.807, 2.05) is 0 Å². The molecule has 26 heavy (non-hydrogen) atoms. The number of methoxy groups -OCH3 is 1. The average Bonchev–Trinajstić information content (AvgIpc) is 2.66. The van der Waals surface area contributed by atoms with E-state index in [0.717, 1.165) is 0 Å². The van der Waals surface area contributed by atoms with Gasteiger partial charge in [0.2, 0.25) is 0 Å². The Hall–Kier alpha value is -2.99. The Morgan fingerprint density at radius 3 is 2.69 bits per heavy atom. The van der Waals surface area contributed by atoms with Crippen LogP contribution in [0.3, 0.4) is 0 Å². The van der Waals surface area contributed by atoms with Gasteiger partial charge in [-0.3, -0.25) is 4.79 Å². The molecule has 0 fully saturated rings. The monoisotopic (exact) mass is 373 g/mol. The highest BCUT2D eigenvalue weighted by Crippen LogP contribution is 2.29. The zero-order valence-corrected chi connectivity index (χ0v) is 14.7. The Bertz CT molecular complexity index is 861. The number of hydrogen-bond donors (Lipinski definition) is 1. The van der Waals surface area contributed by atoms with Crippen molar-refractivity contribution in [3.05, 3.63) is 58.6 Å². The van der Waals surface area contributed by atoms with Crippen LogP contribution in [-0.2, 0) is 14.3 Å². The van der Waals surface area contributed by atoms with Gasteiger partial charge in [0.25, 0.3) is 5.91 Å². The zero-order valence-electron chi connectivity index (χ0n) is 14.0. The topological polar surface area (TPSA) is 73.9 Å². The number of anilines is 1. The number of benzene rings is 2. The molecule has 1 N–H and O–H groups in total. The van der Waals surface area contributed by atoms with Crippen LogP contribution in [0.4, 0.5) is 5.69 Å². The number of hydrogen-bond acceptors (Lipinski definition) is 5. The molecular formula is C19H16ClNO5. The Balaban J connectivity index is 1.55. The maximum atomic E-state index is 12.1. The number of amides is 1. The highest BCUT2D eigenvalue weighted by Gasteiger charge is 2.19. The summed E-state index contributed by atoms with van der Waals surface area (Å²) in [6, 6.07) is 12.0. The van der Waals surface area contributed by atoms with E-state index < -0.39 is 18.5 Å². The number of carbonyl (C=O) groups is 2. The first-order valence-electron chi connectivity index (χ1n) is 7.79. The number of halogens is 1. The molecule has 0 saturated carbocycles. The number of esters is 1. The highest BCUT2D eigenvalue weighted by atomic mass is 35.5. The summed E-state index contributed by atoms with van der Waals surface area (Å²) in [5.74, 6) is 0.270. The van der Waals surface area contributed by atoms with E-state index in [0.29, 0.717) is 33.3 Å². The Morgan fingerprint density at radius 1 is 1.19 bits per heavy atom. The molecule has 0 bridgehead atoms. The summed E-state index contributed by atoms with van der Waals surface area (Å²) in [5.41, 5.74) is 1.59. The minimum Gasteiger partial charge on any atom is -0.497 e. The zero-order chi connectivity index (χ0) is 18.5. The summed E-state index contributed by atoms with van der Waals surface area (Å²) < 4.78 is 15.6. The van der Waals surface area contributed by atoms with Crippen LogP contribution in [0.25, 0.3) is 6.08 Å². The maximum absolute atomic E-state index is 12.1. The molecule has 0 unspecified atom stereocenters. The molecule has 3 rings (SSSR count). The summed E-state index contributed by atoms with van der Waals surface area (Å²) in [4.78, 5) is 24.0. The van der Waals surface area contributed by atoms with Crippen LogP contribution in [0, 0.1) is 0 Å². The fourth-order valence-corrected chi connectivity index (χ4v) is 2.54. The van der Waals surface area contributed by atoms with E-state index in [4.69, 9.17) is 25.8 Å². The van der Waals surface area contributed by atoms with Crippen LogP contribution in [0.5, 0.6) is 11.5 Å². The quantitative estimate of drug-likeness (QED) is 0.814. The molecule has 0 radical (unpaired) electrons. The van der Waals surface area contributed by atoms with E-state index in [-0.39, 0.29) is 6.61 Å². The molecule has 1 heterocycles. The van der Waals surface area contributed by atoms with E-state index in [1.54, 1.807) is 55.7 Å². The molecule has 0 saturated heterocycles. The van der Waals surface area contributed by atoms with Gasteiger partial charge < -0.3 is 19.5 Å². The molecule has 0 aliphatic carbocycles. The van der Waals surface area contributed by atoms with Crippen molar-refractivity contribution in [2.24, 2.45) is 0 Å². The van der Waals surface area contributed by atoms with Gasteiger partial charge in [0, 0.05) is 16.3 Å². The molecule has 134 valence electrons. The SMILES string of the molecule is COc1ccc(NC(=O)COC(=O)C2=Cc3cc(Cl)ccc3OC2)cc1. The van der Waals surface area contributed by atoms with Gasteiger partial charge in [-0.05, 0) is 48.5 Å². The third-order valence-corrected chi connectivity index (χ3v) is 3.89. The molecule has 0 aromatic heterocycles. The molecule has 2 aromatic rings. The van der Waals surface area contributed by atoms with Crippen molar-refractivity contribution < 1.29 is 23.8 Å². The number of ether oxygens (including phenoxy) is 3. The maximum Gasteiger partial charge on any atom is 0.338 e. The third kappa shape index (κ3) is 4.34.